The number of hydrogen-bond acceptors (Lipinski definition) is 3. The van der Waals surface area contributed by atoms with Crippen LogP contribution in [0, 0.1) is 6.92 Å². The zero-order chi connectivity index (χ0) is 23.5. The Bertz CT molecular complexity index is 1490. The van der Waals surface area contributed by atoms with E-state index in [-0.39, 0.29) is 5.91 Å². The molecule has 0 fully saturated rings. The number of rotatable bonds is 7. The lowest BCUT2D eigenvalue weighted by Crippen LogP contribution is -2.11. The first-order valence-corrected chi connectivity index (χ1v) is 11.5. The van der Waals surface area contributed by atoms with Gasteiger partial charge in [-0.2, -0.15) is 0 Å². The number of aromatic amines is 1. The van der Waals surface area contributed by atoms with Crippen molar-refractivity contribution in [1.29, 1.82) is 0 Å². The van der Waals surface area contributed by atoms with Crippen molar-refractivity contribution in [3.8, 4) is 17.1 Å². The van der Waals surface area contributed by atoms with Gasteiger partial charge in [-0.25, -0.2) is 4.98 Å². The second-order valence-electron chi connectivity index (χ2n) is 8.55. The third-order valence-corrected chi connectivity index (χ3v) is 6.10. The molecule has 1 amide bonds. The summed E-state index contributed by atoms with van der Waals surface area (Å²) in [5.41, 5.74) is 7.16. The number of aromatic nitrogens is 2. The number of methoxy groups -OCH3 is 1. The van der Waals surface area contributed by atoms with Crippen molar-refractivity contribution in [2.45, 2.75) is 26.2 Å². The van der Waals surface area contributed by atoms with Gasteiger partial charge in [-0.05, 0) is 61.7 Å². The molecule has 2 heterocycles. The summed E-state index contributed by atoms with van der Waals surface area (Å²) in [4.78, 5) is 21.1. The van der Waals surface area contributed by atoms with Crippen LogP contribution >= 0.6 is 0 Å². The van der Waals surface area contributed by atoms with E-state index in [2.05, 4.69) is 53.6 Å². The highest BCUT2D eigenvalue weighted by Gasteiger charge is 2.15. The first kappa shape index (κ1) is 21.7. The SMILES string of the molecule is COc1cccc(NC(=O)CCCc2c(-c3ccc4ccccc4n3)[nH]c3ccc(C)cc23)c1. The highest BCUT2D eigenvalue weighted by Crippen LogP contribution is 2.32. The summed E-state index contributed by atoms with van der Waals surface area (Å²) >= 11 is 0. The topological polar surface area (TPSA) is 67.0 Å². The van der Waals surface area contributed by atoms with E-state index in [0.29, 0.717) is 6.42 Å². The molecule has 0 saturated carbocycles. The van der Waals surface area contributed by atoms with E-state index in [9.17, 15) is 4.79 Å². The zero-order valence-electron chi connectivity index (χ0n) is 19.4. The number of carbonyl (C=O) groups is 1. The van der Waals surface area contributed by atoms with E-state index in [4.69, 9.17) is 9.72 Å². The maximum Gasteiger partial charge on any atom is 0.224 e. The van der Waals surface area contributed by atoms with Gasteiger partial charge >= 0.3 is 0 Å². The van der Waals surface area contributed by atoms with Gasteiger partial charge in [0.05, 0.1) is 24.0 Å². The Balaban J connectivity index is 1.39. The molecule has 34 heavy (non-hydrogen) atoms. The summed E-state index contributed by atoms with van der Waals surface area (Å²) in [5, 5.41) is 5.28. The summed E-state index contributed by atoms with van der Waals surface area (Å²) in [7, 11) is 1.62. The smallest absolute Gasteiger partial charge is 0.224 e. The number of H-pyrrole nitrogens is 1. The molecule has 0 aliphatic carbocycles. The van der Waals surface area contributed by atoms with Crippen molar-refractivity contribution in [3.63, 3.8) is 0 Å². The summed E-state index contributed by atoms with van der Waals surface area (Å²) in [5.74, 6) is 0.717. The average Bonchev–Trinajstić information content (AvgIpc) is 3.21. The van der Waals surface area contributed by atoms with Crippen molar-refractivity contribution in [3.05, 3.63) is 90.0 Å². The number of fused-ring (bicyclic) bond motifs is 2. The van der Waals surface area contributed by atoms with E-state index in [0.717, 1.165) is 52.1 Å². The number of nitrogens with zero attached hydrogens (tertiary/aromatic N) is 1. The van der Waals surface area contributed by atoms with Crippen molar-refractivity contribution in [1.82, 2.24) is 9.97 Å². The third kappa shape index (κ3) is 4.50. The fourth-order valence-electron chi connectivity index (χ4n) is 4.40. The van der Waals surface area contributed by atoms with Crippen molar-refractivity contribution in [2.75, 3.05) is 12.4 Å². The molecule has 170 valence electrons. The third-order valence-electron chi connectivity index (χ3n) is 6.10. The summed E-state index contributed by atoms with van der Waals surface area (Å²) < 4.78 is 5.24. The monoisotopic (exact) mass is 449 g/mol. The van der Waals surface area contributed by atoms with Crippen LogP contribution in [0.15, 0.2) is 78.9 Å². The second-order valence-corrected chi connectivity index (χ2v) is 8.55. The van der Waals surface area contributed by atoms with Crippen LogP contribution < -0.4 is 10.1 Å². The number of amides is 1. The molecule has 5 heteroatoms. The molecule has 3 aromatic carbocycles. The number of anilines is 1. The molecular weight excluding hydrogens is 422 g/mol. The van der Waals surface area contributed by atoms with Gasteiger partial charge < -0.3 is 15.0 Å². The lowest BCUT2D eigenvalue weighted by atomic mass is 10.0. The minimum Gasteiger partial charge on any atom is -0.497 e. The Kier molecular flexibility index (Phi) is 6.00. The molecule has 0 aliphatic rings. The van der Waals surface area contributed by atoms with Gasteiger partial charge in [-0.3, -0.25) is 4.79 Å². The van der Waals surface area contributed by atoms with Gasteiger partial charge in [0.15, 0.2) is 0 Å². The molecule has 2 N–H and O–H groups in total. The molecule has 0 atom stereocenters. The number of benzene rings is 3. The van der Waals surface area contributed by atoms with E-state index < -0.39 is 0 Å². The molecule has 0 radical (unpaired) electrons. The summed E-state index contributed by atoms with van der Waals surface area (Å²) in [6.45, 7) is 2.10. The van der Waals surface area contributed by atoms with E-state index in [1.165, 1.54) is 16.5 Å². The normalized spacial score (nSPS) is 11.1. The lowest BCUT2D eigenvalue weighted by molar-refractivity contribution is -0.116. The highest BCUT2D eigenvalue weighted by atomic mass is 16.5. The molecule has 5 aromatic rings. The minimum absolute atomic E-state index is 0.00495. The number of nitrogens with one attached hydrogen (secondary N) is 2. The zero-order valence-corrected chi connectivity index (χ0v) is 19.4. The first-order chi connectivity index (χ1) is 16.6. The maximum atomic E-state index is 12.6. The van der Waals surface area contributed by atoms with Gasteiger partial charge in [-0.15, -0.1) is 0 Å². The van der Waals surface area contributed by atoms with Crippen LogP contribution in [0.5, 0.6) is 5.75 Å². The molecule has 0 unspecified atom stereocenters. The fraction of sp³-hybridized carbons (Fsp3) is 0.172. The predicted octanol–water partition coefficient (Wildman–Crippen LogP) is 6.66. The van der Waals surface area contributed by atoms with Crippen LogP contribution in [0.1, 0.15) is 24.0 Å². The molecule has 0 bridgehead atoms. The van der Waals surface area contributed by atoms with Crippen LogP contribution in [-0.4, -0.2) is 23.0 Å². The quantitative estimate of drug-likeness (QED) is 0.292. The molecule has 2 aromatic heterocycles. The number of para-hydroxylation sites is 1. The number of hydrogen-bond donors (Lipinski definition) is 2. The van der Waals surface area contributed by atoms with E-state index in [1.54, 1.807) is 7.11 Å². The van der Waals surface area contributed by atoms with Crippen molar-refractivity contribution in [2.24, 2.45) is 0 Å². The van der Waals surface area contributed by atoms with Crippen LogP contribution in [0.25, 0.3) is 33.2 Å². The number of aryl methyl sites for hydroxylation is 2. The largest absolute Gasteiger partial charge is 0.497 e. The van der Waals surface area contributed by atoms with Gasteiger partial charge in [0.25, 0.3) is 0 Å². The second kappa shape index (κ2) is 9.40. The average molecular weight is 450 g/mol. The lowest BCUT2D eigenvalue weighted by Gasteiger charge is -2.08. The van der Waals surface area contributed by atoms with Gasteiger partial charge in [-0.1, -0.05) is 42.0 Å². The van der Waals surface area contributed by atoms with Crippen LogP contribution in [-0.2, 0) is 11.2 Å². The molecular formula is C29H27N3O2. The highest BCUT2D eigenvalue weighted by molar-refractivity contribution is 5.93. The molecule has 5 rings (SSSR count). The number of pyridine rings is 1. The fourth-order valence-corrected chi connectivity index (χ4v) is 4.40. The maximum absolute atomic E-state index is 12.6. The molecule has 0 spiro atoms. The molecule has 0 aliphatic heterocycles. The van der Waals surface area contributed by atoms with Crippen LogP contribution in [0.4, 0.5) is 5.69 Å². The number of ether oxygens (including phenoxy) is 1. The predicted molar refractivity (Wildman–Crippen MR) is 138 cm³/mol. The minimum atomic E-state index is -0.00495. The Morgan fingerprint density at radius 3 is 2.76 bits per heavy atom. The molecule has 0 saturated heterocycles. The van der Waals surface area contributed by atoms with Crippen LogP contribution in [0.3, 0.4) is 0 Å². The first-order valence-electron chi connectivity index (χ1n) is 11.5. The van der Waals surface area contributed by atoms with Gasteiger partial charge in [0, 0.05) is 34.5 Å². The Hall–Kier alpha value is -4.12. The number of carbonyl (C=O) groups excluding carboxylic acids is 1. The van der Waals surface area contributed by atoms with E-state index >= 15 is 0 Å². The van der Waals surface area contributed by atoms with Gasteiger partial charge in [0.2, 0.25) is 5.91 Å². The molecule has 5 nitrogen and oxygen atoms in total. The van der Waals surface area contributed by atoms with Crippen LogP contribution in [0.2, 0.25) is 0 Å². The van der Waals surface area contributed by atoms with Crippen molar-refractivity contribution >= 4 is 33.4 Å². The Labute approximate surface area is 198 Å². The Morgan fingerprint density at radius 2 is 1.88 bits per heavy atom. The van der Waals surface area contributed by atoms with Gasteiger partial charge in [0.1, 0.15) is 5.75 Å². The standard InChI is InChI=1S/C29H27N3O2/c1-19-13-15-26-24(17-19)23(10-6-12-28(33)30-21-8-5-9-22(18-21)34-2)29(32-26)27-16-14-20-7-3-4-11-25(20)31-27/h3-5,7-9,11,13-18,32H,6,10,12H2,1-2H3,(H,30,33). The summed E-state index contributed by atoms with van der Waals surface area (Å²) in [6.07, 6.45) is 1.94. The Morgan fingerprint density at radius 1 is 1.00 bits per heavy atom. The summed E-state index contributed by atoms with van der Waals surface area (Å²) in [6, 6.07) is 26.2. The van der Waals surface area contributed by atoms with Crippen molar-refractivity contribution < 1.29 is 9.53 Å². The van der Waals surface area contributed by atoms with E-state index in [1.807, 2.05) is 42.5 Å².